The molecule has 0 aromatic heterocycles. The van der Waals surface area contributed by atoms with Gasteiger partial charge in [-0.1, -0.05) is 0 Å². The highest BCUT2D eigenvalue weighted by Crippen LogP contribution is 2.33. The number of fused-ring (bicyclic) bond motifs is 1. The van der Waals surface area contributed by atoms with Crippen LogP contribution in [0, 0.1) is 0 Å². The molecule has 1 unspecified atom stereocenters. The molecule has 0 saturated carbocycles. The first-order chi connectivity index (χ1) is 5.99. The van der Waals surface area contributed by atoms with Crippen LogP contribution in [0.25, 0.3) is 0 Å². The van der Waals surface area contributed by atoms with Gasteiger partial charge in [0.2, 0.25) is 0 Å². The van der Waals surface area contributed by atoms with Crippen molar-refractivity contribution in [1.29, 1.82) is 0 Å². The van der Waals surface area contributed by atoms with Crippen molar-refractivity contribution in [3.05, 3.63) is 0 Å². The second kappa shape index (κ2) is 2.90. The van der Waals surface area contributed by atoms with Gasteiger partial charge >= 0.3 is 0 Å². The lowest BCUT2D eigenvalue weighted by molar-refractivity contribution is -0.230. The summed E-state index contributed by atoms with van der Waals surface area (Å²) in [6.45, 7) is 3.79. The molecule has 4 atom stereocenters. The normalized spacial score (nSPS) is 48.9. The Bertz CT molecular complexity index is 205. The van der Waals surface area contributed by atoms with Crippen LogP contribution in [0.15, 0.2) is 0 Å². The second-order valence-electron chi connectivity index (χ2n) is 3.85. The SMILES string of the molecule is CC1(C)OC2CO[C@@H](O)[C@H](O)[C@@H]2O1. The Morgan fingerprint density at radius 2 is 1.92 bits per heavy atom. The molecule has 0 radical (unpaired) electrons. The van der Waals surface area contributed by atoms with E-state index in [4.69, 9.17) is 14.2 Å². The average molecular weight is 190 g/mol. The molecule has 76 valence electrons. The lowest BCUT2D eigenvalue weighted by Gasteiger charge is -2.31. The van der Waals surface area contributed by atoms with Gasteiger partial charge in [0, 0.05) is 0 Å². The molecule has 0 aliphatic carbocycles. The van der Waals surface area contributed by atoms with E-state index in [1.165, 1.54) is 0 Å². The lowest BCUT2D eigenvalue weighted by Crippen LogP contribution is -2.51. The van der Waals surface area contributed by atoms with Crippen molar-refractivity contribution in [3.63, 3.8) is 0 Å². The van der Waals surface area contributed by atoms with Gasteiger partial charge in [0.15, 0.2) is 12.1 Å². The van der Waals surface area contributed by atoms with Crippen molar-refractivity contribution in [3.8, 4) is 0 Å². The van der Waals surface area contributed by atoms with Crippen molar-refractivity contribution in [1.82, 2.24) is 0 Å². The first-order valence-electron chi connectivity index (χ1n) is 4.33. The van der Waals surface area contributed by atoms with Gasteiger partial charge in [-0.05, 0) is 13.8 Å². The van der Waals surface area contributed by atoms with Crippen LogP contribution in [0.4, 0.5) is 0 Å². The van der Waals surface area contributed by atoms with Crippen molar-refractivity contribution >= 4 is 0 Å². The minimum Gasteiger partial charge on any atom is -0.385 e. The smallest absolute Gasteiger partial charge is 0.183 e. The molecule has 0 spiro atoms. The molecule has 2 aliphatic heterocycles. The van der Waals surface area contributed by atoms with Crippen LogP contribution in [-0.4, -0.2) is 47.2 Å². The minimum atomic E-state index is -1.17. The standard InChI is InChI=1S/C8H14O5/c1-8(2)12-4-3-11-7(10)5(9)6(4)13-8/h4-7,9-10H,3H2,1-2H3/t4?,5-,6-,7-/m1/s1. The molecule has 13 heavy (non-hydrogen) atoms. The molecule has 2 rings (SSSR count). The van der Waals surface area contributed by atoms with E-state index in [-0.39, 0.29) is 12.7 Å². The summed E-state index contributed by atoms with van der Waals surface area (Å²) in [5.74, 6) is -0.705. The molecular weight excluding hydrogens is 176 g/mol. The Hall–Kier alpha value is -0.200. The Balaban J connectivity index is 2.11. The summed E-state index contributed by atoms with van der Waals surface area (Å²) in [4.78, 5) is 0. The van der Waals surface area contributed by atoms with Gasteiger partial charge in [0.05, 0.1) is 6.61 Å². The van der Waals surface area contributed by atoms with E-state index in [0.29, 0.717) is 0 Å². The predicted octanol–water partition coefficient (Wildman–Crippen LogP) is -0.784. The molecule has 0 aromatic carbocycles. The molecule has 0 amide bonds. The summed E-state index contributed by atoms with van der Waals surface area (Å²) in [7, 11) is 0. The van der Waals surface area contributed by atoms with Crippen molar-refractivity contribution in [2.45, 2.75) is 44.2 Å². The summed E-state index contributed by atoms with van der Waals surface area (Å²) in [5.41, 5.74) is 0. The zero-order valence-corrected chi connectivity index (χ0v) is 7.64. The van der Waals surface area contributed by atoms with Crippen LogP contribution < -0.4 is 0 Å². The average Bonchev–Trinajstić information content (AvgIpc) is 2.34. The molecule has 2 heterocycles. The molecule has 2 fully saturated rings. The first kappa shape index (κ1) is 9.36. The summed E-state index contributed by atoms with van der Waals surface area (Å²) in [5, 5.41) is 18.7. The van der Waals surface area contributed by atoms with E-state index < -0.39 is 24.3 Å². The summed E-state index contributed by atoms with van der Waals surface area (Å²) in [6.07, 6.45) is -2.97. The number of rotatable bonds is 0. The fourth-order valence-electron chi connectivity index (χ4n) is 1.74. The maximum absolute atomic E-state index is 9.50. The van der Waals surface area contributed by atoms with Crippen LogP contribution in [-0.2, 0) is 14.2 Å². The van der Waals surface area contributed by atoms with E-state index in [0.717, 1.165) is 0 Å². The van der Waals surface area contributed by atoms with Gasteiger partial charge in [0.25, 0.3) is 0 Å². The van der Waals surface area contributed by atoms with Crippen LogP contribution in [0.5, 0.6) is 0 Å². The third kappa shape index (κ3) is 1.58. The molecule has 0 bridgehead atoms. The second-order valence-corrected chi connectivity index (χ2v) is 3.85. The predicted molar refractivity (Wildman–Crippen MR) is 41.8 cm³/mol. The maximum Gasteiger partial charge on any atom is 0.183 e. The number of aliphatic hydroxyl groups is 2. The van der Waals surface area contributed by atoms with Crippen molar-refractivity contribution < 1.29 is 24.4 Å². The van der Waals surface area contributed by atoms with E-state index in [9.17, 15) is 10.2 Å². The number of aliphatic hydroxyl groups excluding tert-OH is 2. The van der Waals surface area contributed by atoms with Gasteiger partial charge in [-0.15, -0.1) is 0 Å². The molecule has 2 N–H and O–H groups in total. The van der Waals surface area contributed by atoms with E-state index in [1.807, 2.05) is 0 Å². The Morgan fingerprint density at radius 3 is 2.62 bits per heavy atom. The van der Waals surface area contributed by atoms with Crippen LogP contribution in [0.3, 0.4) is 0 Å². The number of hydrogen-bond donors (Lipinski definition) is 2. The van der Waals surface area contributed by atoms with Crippen LogP contribution in [0.2, 0.25) is 0 Å². The molecule has 2 saturated heterocycles. The summed E-state index contributed by atoms with van der Waals surface area (Å²) in [6, 6.07) is 0. The largest absolute Gasteiger partial charge is 0.385 e. The molecule has 2 aliphatic rings. The highest BCUT2D eigenvalue weighted by molar-refractivity contribution is 4.90. The Labute approximate surface area is 76.2 Å². The maximum atomic E-state index is 9.50. The van der Waals surface area contributed by atoms with Crippen molar-refractivity contribution in [2.24, 2.45) is 0 Å². The number of hydrogen-bond acceptors (Lipinski definition) is 5. The molecular formula is C8H14O5. The third-order valence-corrected chi connectivity index (χ3v) is 2.28. The highest BCUT2D eigenvalue weighted by atomic mass is 16.8. The quantitative estimate of drug-likeness (QED) is 0.524. The van der Waals surface area contributed by atoms with Crippen molar-refractivity contribution in [2.75, 3.05) is 6.61 Å². The Kier molecular flexibility index (Phi) is 2.08. The van der Waals surface area contributed by atoms with Gasteiger partial charge in [-0.2, -0.15) is 0 Å². The van der Waals surface area contributed by atoms with Gasteiger partial charge in [-0.3, -0.25) is 0 Å². The monoisotopic (exact) mass is 190 g/mol. The third-order valence-electron chi connectivity index (χ3n) is 2.28. The van der Waals surface area contributed by atoms with E-state index >= 15 is 0 Å². The lowest BCUT2D eigenvalue weighted by atomic mass is 10.1. The highest BCUT2D eigenvalue weighted by Gasteiger charge is 2.50. The zero-order valence-electron chi connectivity index (χ0n) is 7.64. The van der Waals surface area contributed by atoms with E-state index in [2.05, 4.69) is 0 Å². The van der Waals surface area contributed by atoms with Crippen LogP contribution in [0.1, 0.15) is 13.8 Å². The fraction of sp³-hybridized carbons (Fsp3) is 1.00. The van der Waals surface area contributed by atoms with Gasteiger partial charge in [0.1, 0.15) is 18.3 Å². The Morgan fingerprint density at radius 1 is 1.23 bits per heavy atom. The first-order valence-corrected chi connectivity index (χ1v) is 4.33. The van der Waals surface area contributed by atoms with Gasteiger partial charge in [-0.25, -0.2) is 0 Å². The minimum absolute atomic E-state index is 0.256. The summed E-state index contributed by atoms with van der Waals surface area (Å²) < 4.78 is 15.8. The topological polar surface area (TPSA) is 68.2 Å². The summed E-state index contributed by atoms with van der Waals surface area (Å²) >= 11 is 0. The van der Waals surface area contributed by atoms with Gasteiger partial charge < -0.3 is 24.4 Å². The fourth-order valence-corrected chi connectivity index (χ4v) is 1.74. The number of ether oxygens (including phenoxy) is 3. The van der Waals surface area contributed by atoms with Crippen LogP contribution >= 0.6 is 0 Å². The zero-order chi connectivity index (χ0) is 9.64. The molecule has 5 heteroatoms. The van der Waals surface area contributed by atoms with E-state index in [1.54, 1.807) is 13.8 Å². The molecule has 0 aromatic rings. The molecule has 5 nitrogen and oxygen atoms in total.